The molecule has 5 aromatic rings. The van der Waals surface area contributed by atoms with Gasteiger partial charge in [0.2, 0.25) is 0 Å². The molecule has 1 N–H and O–H groups in total. The van der Waals surface area contributed by atoms with Crippen molar-refractivity contribution >= 4 is 33.6 Å². The Kier molecular flexibility index (Phi) is 5.91. The Balaban J connectivity index is 1.49. The molecule has 0 aliphatic rings. The molecule has 0 saturated heterocycles. The van der Waals surface area contributed by atoms with E-state index in [-0.39, 0.29) is 6.54 Å². The van der Waals surface area contributed by atoms with Crippen LogP contribution in [0.3, 0.4) is 0 Å². The van der Waals surface area contributed by atoms with Gasteiger partial charge in [0.1, 0.15) is 12.4 Å². The van der Waals surface area contributed by atoms with E-state index in [9.17, 15) is 9.90 Å². The number of anilines is 1. The maximum Gasteiger partial charge on any atom is 0.323 e. The Morgan fingerprint density at radius 3 is 2.35 bits per heavy atom. The highest BCUT2D eigenvalue weighted by Gasteiger charge is 2.13. The molecule has 168 valence electrons. The molecular weight excluding hydrogens is 422 g/mol. The standard InChI is InChI=1S/C29H25N3O2/c1-32(19-29(33)34)28-18-24(22-6-3-2-4-7-22)25-17-21(12-14-27(25)31-28)10-9-20-11-13-26-23(16-20)8-5-15-30-26/h2-8,11-18H,9-10,19H2,1H3,(H,33,34). The Hall–Kier alpha value is -4.25. The Morgan fingerprint density at radius 1 is 0.853 bits per heavy atom. The quantitative estimate of drug-likeness (QED) is 0.344. The van der Waals surface area contributed by atoms with Crippen molar-refractivity contribution < 1.29 is 9.90 Å². The number of pyridine rings is 2. The van der Waals surface area contributed by atoms with E-state index in [1.807, 2.05) is 42.6 Å². The van der Waals surface area contributed by atoms with E-state index >= 15 is 0 Å². The fourth-order valence-electron chi connectivity index (χ4n) is 4.32. The van der Waals surface area contributed by atoms with Gasteiger partial charge in [0.15, 0.2) is 0 Å². The minimum absolute atomic E-state index is 0.105. The Morgan fingerprint density at radius 2 is 1.59 bits per heavy atom. The second-order valence-corrected chi connectivity index (χ2v) is 8.53. The number of fused-ring (bicyclic) bond motifs is 2. The molecule has 2 aromatic heterocycles. The van der Waals surface area contributed by atoms with Crippen LogP contribution in [0.2, 0.25) is 0 Å². The molecule has 5 heteroatoms. The highest BCUT2D eigenvalue weighted by Crippen LogP contribution is 2.32. The fourth-order valence-corrected chi connectivity index (χ4v) is 4.32. The molecule has 0 aliphatic heterocycles. The topological polar surface area (TPSA) is 66.3 Å². The van der Waals surface area contributed by atoms with Gasteiger partial charge in [-0.3, -0.25) is 9.78 Å². The van der Waals surface area contributed by atoms with Crippen LogP contribution in [-0.2, 0) is 17.6 Å². The fraction of sp³-hybridized carbons (Fsp3) is 0.138. The summed E-state index contributed by atoms with van der Waals surface area (Å²) in [5.74, 6) is -0.239. The summed E-state index contributed by atoms with van der Waals surface area (Å²) in [5, 5.41) is 11.4. The lowest BCUT2D eigenvalue weighted by Gasteiger charge is -2.18. The number of aliphatic carboxylic acids is 1. The number of aromatic nitrogens is 2. The van der Waals surface area contributed by atoms with Gasteiger partial charge in [-0.1, -0.05) is 48.5 Å². The molecule has 0 saturated carbocycles. The van der Waals surface area contributed by atoms with Crippen LogP contribution in [0.5, 0.6) is 0 Å². The first kappa shape index (κ1) is 21.6. The summed E-state index contributed by atoms with van der Waals surface area (Å²) in [6.07, 6.45) is 3.67. The summed E-state index contributed by atoms with van der Waals surface area (Å²) >= 11 is 0. The van der Waals surface area contributed by atoms with Crippen molar-refractivity contribution in [3.8, 4) is 11.1 Å². The normalized spacial score (nSPS) is 11.1. The molecule has 5 nitrogen and oxygen atoms in total. The molecule has 0 bridgehead atoms. The minimum atomic E-state index is -0.884. The van der Waals surface area contributed by atoms with Gasteiger partial charge in [0.25, 0.3) is 0 Å². The molecule has 2 heterocycles. The lowest BCUT2D eigenvalue weighted by Crippen LogP contribution is -2.26. The lowest BCUT2D eigenvalue weighted by atomic mass is 9.97. The molecule has 0 unspecified atom stereocenters. The first-order valence-corrected chi connectivity index (χ1v) is 11.3. The molecule has 0 radical (unpaired) electrons. The van der Waals surface area contributed by atoms with Crippen molar-refractivity contribution in [2.24, 2.45) is 0 Å². The monoisotopic (exact) mass is 447 g/mol. The molecule has 3 aromatic carbocycles. The highest BCUT2D eigenvalue weighted by molar-refractivity contribution is 5.96. The first-order chi connectivity index (χ1) is 16.6. The number of benzene rings is 3. The third-order valence-electron chi connectivity index (χ3n) is 6.08. The number of carbonyl (C=O) groups is 1. The number of hydrogen-bond acceptors (Lipinski definition) is 4. The number of carboxylic acid groups (broad SMARTS) is 1. The molecule has 0 fully saturated rings. The van der Waals surface area contributed by atoms with Crippen molar-refractivity contribution in [3.05, 3.63) is 102 Å². The van der Waals surface area contributed by atoms with Crippen LogP contribution in [0.15, 0.2) is 91.1 Å². The van der Waals surface area contributed by atoms with E-state index in [1.54, 1.807) is 11.9 Å². The minimum Gasteiger partial charge on any atom is -0.480 e. The van der Waals surface area contributed by atoms with Gasteiger partial charge in [-0.25, -0.2) is 4.98 Å². The van der Waals surface area contributed by atoms with E-state index < -0.39 is 5.97 Å². The summed E-state index contributed by atoms with van der Waals surface area (Å²) in [4.78, 5) is 22.1. The van der Waals surface area contributed by atoms with Gasteiger partial charge in [-0.2, -0.15) is 0 Å². The molecular formula is C29H25N3O2. The maximum absolute atomic E-state index is 11.2. The number of rotatable bonds is 7. The third-order valence-corrected chi connectivity index (χ3v) is 6.08. The van der Waals surface area contributed by atoms with Gasteiger partial charge in [-0.05, 0) is 71.5 Å². The van der Waals surface area contributed by atoms with Crippen LogP contribution < -0.4 is 4.90 Å². The van der Waals surface area contributed by atoms with E-state index in [0.29, 0.717) is 5.82 Å². The smallest absolute Gasteiger partial charge is 0.323 e. The summed E-state index contributed by atoms with van der Waals surface area (Å²) in [5.41, 5.74) is 6.53. The lowest BCUT2D eigenvalue weighted by molar-refractivity contribution is -0.135. The summed E-state index contributed by atoms with van der Waals surface area (Å²) < 4.78 is 0. The van der Waals surface area contributed by atoms with Gasteiger partial charge < -0.3 is 10.0 Å². The Bertz CT molecular complexity index is 1480. The zero-order chi connectivity index (χ0) is 23.5. The molecule has 34 heavy (non-hydrogen) atoms. The summed E-state index contributed by atoms with van der Waals surface area (Å²) in [6.45, 7) is -0.105. The van der Waals surface area contributed by atoms with Gasteiger partial charge >= 0.3 is 5.97 Å². The summed E-state index contributed by atoms with van der Waals surface area (Å²) in [6, 6.07) is 29.0. The van der Waals surface area contributed by atoms with Crippen LogP contribution in [0.1, 0.15) is 11.1 Å². The molecule has 0 amide bonds. The molecule has 0 aliphatic carbocycles. The predicted octanol–water partition coefficient (Wildman–Crippen LogP) is 5.76. The van der Waals surface area contributed by atoms with Crippen LogP contribution in [0.4, 0.5) is 5.82 Å². The summed E-state index contributed by atoms with van der Waals surface area (Å²) in [7, 11) is 1.75. The van der Waals surface area contributed by atoms with Crippen LogP contribution in [0, 0.1) is 0 Å². The SMILES string of the molecule is CN(CC(=O)O)c1cc(-c2ccccc2)c2cc(CCc3ccc4ncccc4c3)ccc2n1. The van der Waals surface area contributed by atoms with Crippen molar-refractivity contribution in [3.63, 3.8) is 0 Å². The first-order valence-electron chi connectivity index (χ1n) is 11.3. The number of hydrogen-bond donors (Lipinski definition) is 1. The van der Waals surface area contributed by atoms with Crippen molar-refractivity contribution in [1.82, 2.24) is 9.97 Å². The number of carboxylic acids is 1. The largest absolute Gasteiger partial charge is 0.480 e. The van der Waals surface area contributed by atoms with E-state index in [0.717, 1.165) is 45.8 Å². The number of aryl methyl sites for hydroxylation is 2. The number of likely N-dealkylation sites (N-methyl/N-ethyl adjacent to an activating group) is 1. The molecule has 5 rings (SSSR count). The zero-order valence-electron chi connectivity index (χ0n) is 19.0. The average molecular weight is 448 g/mol. The van der Waals surface area contributed by atoms with Crippen molar-refractivity contribution in [2.75, 3.05) is 18.5 Å². The number of nitrogens with zero attached hydrogens (tertiary/aromatic N) is 3. The Labute approximate surface area is 198 Å². The van der Waals surface area contributed by atoms with Crippen LogP contribution in [-0.4, -0.2) is 34.6 Å². The van der Waals surface area contributed by atoms with Crippen molar-refractivity contribution in [2.45, 2.75) is 12.8 Å². The zero-order valence-corrected chi connectivity index (χ0v) is 19.0. The second-order valence-electron chi connectivity index (χ2n) is 8.53. The van der Waals surface area contributed by atoms with Crippen molar-refractivity contribution in [1.29, 1.82) is 0 Å². The maximum atomic E-state index is 11.2. The third kappa shape index (κ3) is 4.59. The van der Waals surface area contributed by atoms with E-state index in [4.69, 9.17) is 4.98 Å². The van der Waals surface area contributed by atoms with Gasteiger partial charge in [-0.15, -0.1) is 0 Å². The molecule has 0 atom stereocenters. The van der Waals surface area contributed by atoms with Crippen LogP contribution in [0.25, 0.3) is 32.9 Å². The van der Waals surface area contributed by atoms with Crippen LogP contribution >= 0.6 is 0 Å². The van der Waals surface area contributed by atoms with Gasteiger partial charge in [0.05, 0.1) is 11.0 Å². The highest BCUT2D eigenvalue weighted by atomic mass is 16.4. The second kappa shape index (κ2) is 9.32. The van der Waals surface area contributed by atoms with E-state index in [1.165, 1.54) is 11.1 Å². The predicted molar refractivity (Wildman–Crippen MR) is 137 cm³/mol. The van der Waals surface area contributed by atoms with E-state index in [2.05, 4.69) is 53.5 Å². The molecule has 0 spiro atoms. The van der Waals surface area contributed by atoms with Gasteiger partial charge in [0, 0.05) is 24.0 Å². The average Bonchev–Trinajstić information content (AvgIpc) is 2.86.